The first-order valence-corrected chi connectivity index (χ1v) is 15.4. The van der Waals surface area contributed by atoms with Crippen molar-refractivity contribution in [2.24, 2.45) is 10.7 Å². The number of nitrogens with one attached hydrogen (secondary N) is 2. The predicted molar refractivity (Wildman–Crippen MR) is 174 cm³/mol. The molecule has 14 nitrogen and oxygen atoms in total. The Hall–Kier alpha value is -5.20. The number of amidine groups is 2. The quantitative estimate of drug-likeness (QED) is 0.254. The van der Waals surface area contributed by atoms with Crippen LogP contribution in [0, 0.1) is 16.7 Å². The van der Waals surface area contributed by atoms with E-state index in [0.717, 1.165) is 50.8 Å². The number of piperidine rings is 1. The van der Waals surface area contributed by atoms with Crippen molar-refractivity contribution >= 4 is 34.9 Å². The minimum atomic E-state index is -1.53. The van der Waals surface area contributed by atoms with Gasteiger partial charge < -0.3 is 30.3 Å². The number of carbonyl (C=O) groups excluding carboxylic acids is 1. The molecule has 4 heterocycles. The average molecular weight is 642 g/mol. The van der Waals surface area contributed by atoms with Gasteiger partial charge in [-0.2, -0.15) is 10.2 Å². The van der Waals surface area contributed by atoms with E-state index in [4.69, 9.17) is 20.6 Å². The van der Waals surface area contributed by atoms with Gasteiger partial charge in [-0.05, 0) is 49.4 Å². The maximum absolute atomic E-state index is 15.1. The van der Waals surface area contributed by atoms with E-state index < -0.39 is 24.0 Å². The molecule has 2 aromatic carbocycles. The second-order valence-corrected chi connectivity index (χ2v) is 11.7. The molecule has 1 aromatic heterocycles. The molecule has 1 unspecified atom stereocenters. The molecule has 3 aliphatic heterocycles. The largest absolute Gasteiger partial charge is 0.486 e. The highest BCUT2D eigenvalue weighted by Gasteiger charge is 2.35. The predicted octanol–water partition coefficient (Wildman–Crippen LogP) is 2.35. The fourth-order valence-corrected chi connectivity index (χ4v) is 5.76. The van der Waals surface area contributed by atoms with E-state index in [2.05, 4.69) is 53.3 Å². The number of alkyl halides is 1. The summed E-state index contributed by atoms with van der Waals surface area (Å²) in [6.45, 7) is 7.05. The number of nitrogens with zero attached hydrogens (tertiary/aromatic N) is 8. The van der Waals surface area contributed by atoms with Gasteiger partial charge in [-0.15, -0.1) is 0 Å². The second-order valence-electron chi connectivity index (χ2n) is 11.7. The third-order valence-corrected chi connectivity index (χ3v) is 8.41. The van der Waals surface area contributed by atoms with Crippen molar-refractivity contribution in [1.82, 2.24) is 24.8 Å². The summed E-state index contributed by atoms with van der Waals surface area (Å²) in [7, 11) is 0. The molecule has 0 spiro atoms. The summed E-state index contributed by atoms with van der Waals surface area (Å²) in [5.41, 5.74) is 8.19. The molecular formula is C32H36FN11O3. The Morgan fingerprint density at radius 2 is 1.91 bits per heavy atom. The minimum absolute atomic E-state index is 0.0704. The first-order chi connectivity index (χ1) is 22.8. The van der Waals surface area contributed by atoms with E-state index in [-0.39, 0.29) is 36.7 Å². The normalized spacial score (nSPS) is 20.7. The number of halogens is 1. The van der Waals surface area contributed by atoms with Crippen molar-refractivity contribution in [3.05, 3.63) is 54.4 Å². The highest BCUT2D eigenvalue weighted by molar-refractivity contribution is 6.38. The number of nitrogens with two attached hydrogens (primary N) is 1. The van der Waals surface area contributed by atoms with Gasteiger partial charge in [-0.1, -0.05) is 0 Å². The van der Waals surface area contributed by atoms with Gasteiger partial charge in [-0.3, -0.25) is 15.1 Å². The van der Waals surface area contributed by atoms with Gasteiger partial charge in [0.05, 0.1) is 37.2 Å². The number of carbonyl (C=O) groups is 1. The molecule has 47 heavy (non-hydrogen) atoms. The molecule has 15 heteroatoms. The smallest absolute Gasteiger partial charge is 0.291 e. The molecule has 0 aliphatic carbocycles. The third-order valence-electron chi connectivity index (χ3n) is 8.41. The molecule has 3 saturated heterocycles. The zero-order valence-corrected chi connectivity index (χ0v) is 26.0. The summed E-state index contributed by atoms with van der Waals surface area (Å²) >= 11 is 0. The number of ether oxygens (including phenoxy) is 2. The number of benzene rings is 2. The second kappa shape index (κ2) is 14.1. The number of amides is 1. The maximum atomic E-state index is 15.1. The van der Waals surface area contributed by atoms with Crippen molar-refractivity contribution in [3.8, 4) is 23.2 Å². The zero-order valence-electron chi connectivity index (χ0n) is 26.0. The number of aliphatic imine (C=N–C) groups is 1. The van der Waals surface area contributed by atoms with Gasteiger partial charge in [0.2, 0.25) is 11.8 Å². The molecular weight excluding hydrogens is 605 g/mol. The Morgan fingerprint density at radius 1 is 1.15 bits per heavy atom. The molecule has 0 radical (unpaired) electrons. The summed E-state index contributed by atoms with van der Waals surface area (Å²) in [6.07, 6.45) is -0.838. The lowest BCUT2D eigenvalue weighted by molar-refractivity contribution is -0.128. The monoisotopic (exact) mass is 641 g/mol. The van der Waals surface area contributed by atoms with Crippen LogP contribution in [-0.2, 0) is 9.53 Å². The molecule has 244 valence electrons. The Labute approximate surface area is 271 Å². The fraction of sp³-hybridized carbons (Fsp3) is 0.406. The van der Waals surface area contributed by atoms with Crippen molar-refractivity contribution in [3.63, 3.8) is 0 Å². The van der Waals surface area contributed by atoms with Gasteiger partial charge in [0.1, 0.15) is 24.3 Å². The van der Waals surface area contributed by atoms with Crippen molar-refractivity contribution in [2.45, 2.75) is 31.7 Å². The van der Waals surface area contributed by atoms with E-state index in [1.807, 2.05) is 12.1 Å². The highest BCUT2D eigenvalue weighted by atomic mass is 19.1. The summed E-state index contributed by atoms with van der Waals surface area (Å²) in [6, 6.07) is 15.7. The minimum Gasteiger partial charge on any atom is -0.486 e. The van der Waals surface area contributed by atoms with Crippen LogP contribution < -0.4 is 20.7 Å². The van der Waals surface area contributed by atoms with Crippen LogP contribution in [0.4, 0.5) is 21.7 Å². The third kappa shape index (κ3) is 7.45. The number of anilines is 3. The number of hydrogen-bond acceptors (Lipinski definition) is 11. The molecule has 3 aliphatic rings. The van der Waals surface area contributed by atoms with Crippen LogP contribution in [-0.4, -0.2) is 113 Å². The standard InChI is InChI=1S/C32H36FN11O3/c1-20(35)39-29(36)31(45)44-9-8-28(26(33)16-44)47-27-7-2-21(14-22(27)15-34)30-37-19-38-32(41-30)40-23-3-5-24(6-4-23)42-10-12-43(13-11-42)25-17-46-18-25/h2-7,14,19,25-26,28H,8-13,16-18H2,1H3,(H3,35,36,39)(H,37,38,40,41)/t26-,28?/m1/s1. The van der Waals surface area contributed by atoms with E-state index >= 15 is 4.39 Å². The van der Waals surface area contributed by atoms with Crippen LogP contribution in [0.3, 0.4) is 0 Å². The molecule has 6 rings (SSSR count). The van der Waals surface area contributed by atoms with Crippen molar-refractivity contribution in [2.75, 3.05) is 62.7 Å². The molecule has 2 atom stereocenters. The number of likely N-dealkylation sites (tertiary alicyclic amines) is 1. The first kappa shape index (κ1) is 31.8. The fourth-order valence-electron chi connectivity index (χ4n) is 5.76. The lowest BCUT2D eigenvalue weighted by atomic mass is 10.0. The number of piperazine rings is 1. The highest BCUT2D eigenvalue weighted by Crippen LogP contribution is 2.29. The van der Waals surface area contributed by atoms with Crippen molar-refractivity contribution in [1.29, 1.82) is 10.7 Å². The zero-order chi connectivity index (χ0) is 32.9. The van der Waals surface area contributed by atoms with E-state index in [1.54, 1.807) is 18.2 Å². The van der Waals surface area contributed by atoms with Crippen LogP contribution in [0.25, 0.3) is 11.4 Å². The first-order valence-electron chi connectivity index (χ1n) is 15.4. The van der Waals surface area contributed by atoms with Crippen LogP contribution >= 0.6 is 0 Å². The van der Waals surface area contributed by atoms with Crippen LogP contribution in [0.5, 0.6) is 5.75 Å². The molecule has 0 bridgehead atoms. The average Bonchev–Trinajstić information content (AvgIpc) is 3.05. The number of aromatic nitrogens is 3. The molecule has 0 saturated carbocycles. The van der Waals surface area contributed by atoms with Gasteiger partial charge in [0.15, 0.2) is 12.0 Å². The summed E-state index contributed by atoms with van der Waals surface area (Å²) < 4.78 is 26.3. The Balaban J connectivity index is 1.06. The van der Waals surface area contributed by atoms with E-state index in [0.29, 0.717) is 23.4 Å². The summed E-state index contributed by atoms with van der Waals surface area (Å²) in [5.74, 6) is -0.268. The number of nitriles is 1. The molecule has 4 N–H and O–H groups in total. The lowest BCUT2D eigenvalue weighted by Crippen LogP contribution is -2.56. The van der Waals surface area contributed by atoms with Crippen LogP contribution in [0.2, 0.25) is 0 Å². The number of rotatable bonds is 7. The summed E-state index contributed by atoms with van der Waals surface area (Å²) in [4.78, 5) is 35.2. The Morgan fingerprint density at radius 3 is 2.57 bits per heavy atom. The van der Waals surface area contributed by atoms with Gasteiger partial charge in [0, 0.05) is 56.1 Å². The Kier molecular flexibility index (Phi) is 9.50. The molecule has 3 aromatic rings. The molecule has 1 amide bonds. The van der Waals surface area contributed by atoms with Gasteiger partial charge >= 0.3 is 0 Å². The Bertz CT molecular complexity index is 1680. The van der Waals surface area contributed by atoms with Crippen LogP contribution in [0.15, 0.2) is 53.8 Å². The maximum Gasteiger partial charge on any atom is 0.291 e. The van der Waals surface area contributed by atoms with Crippen LogP contribution in [0.1, 0.15) is 18.9 Å². The SMILES string of the molecule is CC(N)=NC(=N)C(=O)N1CCC(Oc2ccc(-c3ncnc(Nc4ccc(N5CCN(C6COC6)CC5)cc4)n3)cc2C#N)[C@H](F)C1. The van der Waals surface area contributed by atoms with Gasteiger partial charge in [-0.25, -0.2) is 19.4 Å². The van der Waals surface area contributed by atoms with Gasteiger partial charge in [0.25, 0.3) is 5.91 Å². The van der Waals surface area contributed by atoms with Crippen molar-refractivity contribution < 1.29 is 18.7 Å². The van der Waals surface area contributed by atoms with E-state index in [9.17, 15) is 10.1 Å². The topological polar surface area (TPSA) is 182 Å². The van der Waals surface area contributed by atoms with E-state index in [1.165, 1.54) is 18.2 Å². The summed E-state index contributed by atoms with van der Waals surface area (Å²) in [5, 5.41) is 20.8. The molecule has 3 fully saturated rings. The number of hydrogen-bond donors (Lipinski definition) is 3. The lowest BCUT2D eigenvalue weighted by Gasteiger charge is -2.43.